The van der Waals surface area contributed by atoms with Crippen LogP contribution in [0.25, 0.3) is 11.0 Å². The molecule has 3 heterocycles. The number of hydrogen-bond donors (Lipinski definition) is 1. The van der Waals surface area contributed by atoms with Crippen LogP contribution in [-0.2, 0) is 4.74 Å². The van der Waals surface area contributed by atoms with E-state index in [4.69, 9.17) is 13.9 Å². The van der Waals surface area contributed by atoms with Crippen LogP contribution in [-0.4, -0.2) is 42.3 Å². The van der Waals surface area contributed by atoms with Gasteiger partial charge in [-0.1, -0.05) is 6.07 Å². The Kier molecular flexibility index (Phi) is 4.66. The second-order valence-corrected chi connectivity index (χ2v) is 7.74. The minimum absolute atomic E-state index is 0.0563. The van der Waals surface area contributed by atoms with Crippen LogP contribution in [0.1, 0.15) is 40.6 Å². The van der Waals surface area contributed by atoms with E-state index in [-0.39, 0.29) is 46.4 Å². The van der Waals surface area contributed by atoms with E-state index in [9.17, 15) is 19.1 Å². The van der Waals surface area contributed by atoms with Crippen molar-refractivity contribution in [1.29, 1.82) is 0 Å². The third-order valence-corrected chi connectivity index (χ3v) is 5.87. The highest BCUT2D eigenvalue weighted by molar-refractivity contribution is 5.99. The van der Waals surface area contributed by atoms with Gasteiger partial charge in [0.05, 0.1) is 30.2 Å². The van der Waals surface area contributed by atoms with Gasteiger partial charge in [-0.25, -0.2) is 4.39 Å². The molecule has 160 valence electrons. The first-order valence-electron chi connectivity index (χ1n) is 10.0. The summed E-state index contributed by atoms with van der Waals surface area (Å²) in [5.74, 6) is -0.895. The number of benzene rings is 2. The van der Waals surface area contributed by atoms with Crippen LogP contribution in [0.2, 0.25) is 0 Å². The highest BCUT2D eigenvalue weighted by Gasteiger charge is 2.44. The minimum atomic E-state index is -0.773. The van der Waals surface area contributed by atoms with E-state index in [0.29, 0.717) is 12.2 Å². The number of methoxy groups -OCH3 is 1. The smallest absolute Gasteiger partial charge is 0.291 e. The number of nitrogens with zero attached hydrogens (tertiary/aromatic N) is 1. The van der Waals surface area contributed by atoms with Crippen LogP contribution >= 0.6 is 0 Å². The van der Waals surface area contributed by atoms with Gasteiger partial charge in [0.15, 0.2) is 16.9 Å². The average molecular weight is 425 g/mol. The maximum atomic E-state index is 13.8. The Morgan fingerprint density at radius 1 is 1.23 bits per heavy atom. The topological polar surface area (TPSA) is 89.2 Å². The van der Waals surface area contributed by atoms with Crippen molar-refractivity contribution in [1.82, 2.24) is 4.90 Å². The Labute approximate surface area is 176 Å². The zero-order chi connectivity index (χ0) is 21.7. The summed E-state index contributed by atoms with van der Waals surface area (Å²) in [5, 5.41) is 10.1. The van der Waals surface area contributed by atoms with E-state index >= 15 is 0 Å². The van der Waals surface area contributed by atoms with Crippen LogP contribution in [0.15, 0.2) is 45.6 Å². The fourth-order valence-corrected chi connectivity index (χ4v) is 4.40. The van der Waals surface area contributed by atoms with Crippen molar-refractivity contribution < 1.29 is 28.2 Å². The summed E-state index contributed by atoms with van der Waals surface area (Å²) in [4.78, 5) is 28.3. The van der Waals surface area contributed by atoms with Crippen LogP contribution < -0.4 is 10.2 Å². The van der Waals surface area contributed by atoms with Crippen molar-refractivity contribution in [3.05, 3.63) is 69.3 Å². The van der Waals surface area contributed by atoms with Crippen molar-refractivity contribution >= 4 is 16.9 Å². The van der Waals surface area contributed by atoms with Crippen LogP contribution in [0.5, 0.6) is 11.5 Å². The molecule has 3 aromatic rings. The average Bonchev–Trinajstić information content (AvgIpc) is 3.37. The second kappa shape index (κ2) is 7.39. The third kappa shape index (κ3) is 3.14. The van der Waals surface area contributed by atoms with E-state index < -0.39 is 23.2 Å². The highest BCUT2D eigenvalue weighted by Crippen LogP contribution is 2.41. The molecule has 1 fully saturated rings. The molecule has 2 aliphatic heterocycles. The molecule has 0 spiro atoms. The molecule has 2 atom stereocenters. The molecule has 0 radical (unpaired) electrons. The van der Waals surface area contributed by atoms with Crippen molar-refractivity contribution in [2.45, 2.75) is 25.0 Å². The van der Waals surface area contributed by atoms with Crippen LogP contribution in [0, 0.1) is 5.82 Å². The Morgan fingerprint density at radius 2 is 2.06 bits per heavy atom. The number of halogens is 1. The lowest BCUT2D eigenvalue weighted by Crippen LogP contribution is -2.36. The maximum absolute atomic E-state index is 13.8. The number of carbonyl (C=O) groups is 1. The molecule has 7 nitrogen and oxygen atoms in total. The number of amides is 1. The van der Waals surface area contributed by atoms with Crippen molar-refractivity contribution in [2.24, 2.45) is 0 Å². The van der Waals surface area contributed by atoms with E-state index in [1.54, 1.807) is 17.0 Å². The molecular formula is C23H20FNO6. The molecule has 5 rings (SSSR count). The predicted octanol–water partition coefficient (Wildman–Crippen LogP) is 3.37. The summed E-state index contributed by atoms with van der Waals surface area (Å²) in [6.07, 6.45) is 1.56. The number of ether oxygens (including phenoxy) is 2. The molecule has 0 saturated carbocycles. The molecule has 1 N–H and O–H groups in total. The van der Waals surface area contributed by atoms with Gasteiger partial charge in [-0.3, -0.25) is 9.59 Å². The SMILES string of the molecule is COc1cc([C@@H]2c3c(oc4ccc(F)cc4c3=O)C(=O)N2C[C@@H]2CCCO2)ccc1O. The van der Waals surface area contributed by atoms with Gasteiger partial charge >= 0.3 is 0 Å². The van der Waals surface area contributed by atoms with Crippen molar-refractivity contribution in [2.75, 3.05) is 20.3 Å². The van der Waals surface area contributed by atoms with Crippen molar-refractivity contribution in [3.63, 3.8) is 0 Å². The molecular weight excluding hydrogens is 405 g/mol. The lowest BCUT2D eigenvalue weighted by Gasteiger charge is -2.27. The van der Waals surface area contributed by atoms with Gasteiger partial charge in [0, 0.05) is 13.2 Å². The Bertz CT molecular complexity index is 1250. The predicted molar refractivity (Wildman–Crippen MR) is 109 cm³/mol. The van der Waals surface area contributed by atoms with Crippen molar-refractivity contribution in [3.8, 4) is 11.5 Å². The van der Waals surface area contributed by atoms with Gasteiger partial charge in [0.1, 0.15) is 11.4 Å². The third-order valence-electron chi connectivity index (χ3n) is 5.87. The van der Waals surface area contributed by atoms with Gasteiger partial charge < -0.3 is 23.9 Å². The minimum Gasteiger partial charge on any atom is -0.504 e. The van der Waals surface area contributed by atoms with E-state index in [1.165, 1.54) is 25.3 Å². The molecule has 0 bridgehead atoms. The Morgan fingerprint density at radius 3 is 2.81 bits per heavy atom. The molecule has 1 amide bonds. The second-order valence-electron chi connectivity index (χ2n) is 7.74. The Hall–Kier alpha value is -3.39. The van der Waals surface area contributed by atoms with Gasteiger partial charge in [-0.2, -0.15) is 0 Å². The number of aromatic hydroxyl groups is 1. The molecule has 0 unspecified atom stereocenters. The maximum Gasteiger partial charge on any atom is 0.291 e. The first kappa shape index (κ1) is 19.6. The summed E-state index contributed by atoms with van der Waals surface area (Å²) < 4.78 is 30.6. The Balaban J connectivity index is 1.72. The summed E-state index contributed by atoms with van der Waals surface area (Å²) in [7, 11) is 1.42. The van der Waals surface area contributed by atoms with Gasteiger partial charge in [-0.15, -0.1) is 0 Å². The first-order chi connectivity index (χ1) is 15.0. The normalized spacial score (nSPS) is 20.5. The largest absolute Gasteiger partial charge is 0.504 e. The molecule has 8 heteroatoms. The van der Waals surface area contributed by atoms with Crippen LogP contribution in [0.4, 0.5) is 4.39 Å². The number of carbonyl (C=O) groups excluding carboxylic acids is 1. The quantitative estimate of drug-likeness (QED) is 0.690. The van der Waals surface area contributed by atoms with Gasteiger partial charge in [-0.05, 0) is 48.7 Å². The molecule has 0 aliphatic carbocycles. The fraction of sp³-hybridized carbons (Fsp3) is 0.304. The number of rotatable bonds is 4. The molecule has 2 aromatic carbocycles. The lowest BCUT2D eigenvalue weighted by molar-refractivity contribution is 0.0486. The molecule has 31 heavy (non-hydrogen) atoms. The summed E-state index contributed by atoms with van der Waals surface area (Å²) in [6, 6.07) is 7.53. The summed E-state index contributed by atoms with van der Waals surface area (Å²) >= 11 is 0. The standard InChI is InChI=1S/C23H20FNO6/c1-29-18-9-12(4-6-16(18)26)20-19-21(27)15-10-13(24)5-7-17(15)31-22(19)23(28)25(20)11-14-3-2-8-30-14/h4-7,9-10,14,20,26H,2-3,8,11H2,1H3/t14-,20+/m0/s1. The zero-order valence-electron chi connectivity index (χ0n) is 16.8. The lowest BCUT2D eigenvalue weighted by atomic mass is 9.97. The van der Waals surface area contributed by atoms with Crippen LogP contribution in [0.3, 0.4) is 0 Å². The highest BCUT2D eigenvalue weighted by atomic mass is 19.1. The number of fused-ring (bicyclic) bond motifs is 2. The van der Waals surface area contributed by atoms with Gasteiger partial charge in [0.2, 0.25) is 5.76 Å². The molecule has 2 aliphatic rings. The number of hydrogen-bond acceptors (Lipinski definition) is 6. The number of phenolic OH excluding ortho intramolecular Hbond substituents is 1. The first-order valence-corrected chi connectivity index (χ1v) is 10.0. The summed E-state index contributed by atoms with van der Waals surface area (Å²) in [6.45, 7) is 0.902. The zero-order valence-corrected chi connectivity index (χ0v) is 16.8. The van der Waals surface area contributed by atoms with E-state index in [0.717, 1.165) is 18.9 Å². The van der Waals surface area contributed by atoms with E-state index in [1.807, 2.05) is 0 Å². The number of phenols is 1. The summed E-state index contributed by atoms with van der Waals surface area (Å²) in [5.41, 5.74) is 0.409. The molecule has 1 aromatic heterocycles. The fourth-order valence-electron chi connectivity index (χ4n) is 4.40. The van der Waals surface area contributed by atoms with E-state index in [2.05, 4.69) is 0 Å². The molecule has 1 saturated heterocycles. The van der Waals surface area contributed by atoms with Gasteiger partial charge in [0.25, 0.3) is 5.91 Å². The monoisotopic (exact) mass is 425 g/mol.